The predicted molar refractivity (Wildman–Crippen MR) is 97.4 cm³/mol. The number of nitrogens with zero attached hydrogens (tertiary/aromatic N) is 2. The van der Waals surface area contributed by atoms with Crippen molar-refractivity contribution in [1.82, 2.24) is 15.2 Å². The van der Waals surface area contributed by atoms with Gasteiger partial charge in [-0.05, 0) is 25.1 Å². The third-order valence-electron chi connectivity index (χ3n) is 3.24. The van der Waals surface area contributed by atoms with Gasteiger partial charge in [0.05, 0.1) is 16.5 Å². The van der Waals surface area contributed by atoms with E-state index in [4.69, 9.17) is 11.6 Å². The lowest BCUT2D eigenvalue weighted by atomic mass is 10.1. The summed E-state index contributed by atoms with van der Waals surface area (Å²) in [5, 5.41) is 10.8. The monoisotopic (exact) mass is 358 g/mol. The Labute approximate surface area is 148 Å². The van der Waals surface area contributed by atoms with Gasteiger partial charge in [-0.25, -0.2) is 4.98 Å². The van der Waals surface area contributed by atoms with Crippen LogP contribution >= 0.6 is 23.4 Å². The number of H-pyrrole nitrogens is 1. The number of halogens is 1. The van der Waals surface area contributed by atoms with Gasteiger partial charge in [-0.15, -0.1) is 5.10 Å². The fraction of sp³-hybridized carbons (Fsp3) is 0.118. The number of aromatic nitrogens is 3. The van der Waals surface area contributed by atoms with Crippen molar-refractivity contribution < 1.29 is 4.79 Å². The summed E-state index contributed by atoms with van der Waals surface area (Å²) >= 11 is 7.28. The Morgan fingerprint density at radius 1 is 1.25 bits per heavy atom. The molecule has 0 aliphatic rings. The molecule has 3 aromatic rings. The van der Waals surface area contributed by atoms with Crippen molar-refractivity contribution >= 4 is 35.0 Å². The van der Waals surface area contributed by atoms with Crippen molar-refractivity contribution in [2.24, 2.45) is 0 Å². The van der Waals surface area contributed by atoms with Crippen LogP contribution in [-0.2, 0) is 4.79 Å². The van der Waals surface area contributed by atoms with Gasteiger partial charge in [0.1, 0.15) is 0 Å². The van der Waals surface area contributed by atoms with Crippen LogP contribution in [0.4, 0.5) is 5.69 Å². The van der Waals surface area contributed by atoms with E-state index < -0.39 is 0 Å². The van der Waals surface area contributed by atoms with E-state index in [2.05, 4.69) is 20.5 Å². The first-order valence-corrected chi connectivity index (χ1v) is 8.65. The van der Waals surface area contributed by atoms with Gasteiger partial charge >= 0.3 is 0 Å². The third-order valence-corrected chi connectivity index (χ3v) is 4.41. The molecular weight excluding hydrogens is 344 g/mol. The highest BCUT2D eigenvalue weighted by molar-refractivity contribution is 7.99. The molecule has 0 saturated heterocycles. The molecule has 5 nitrogen and oxygen atoms in total. The fourth-order valence-corrected chi connectivity index (χ4v) is 2.89. The van der Waals surface area contributed by atoms with Gasteiger partial charge in [0.25, 0.3) is 0 Å². The quantitative estimate of drug-likeness (QED) is 0.672. The minimum Gasteiger partial charge on any atom is -0.324 e. The van der Waals surface area contributed by atoms with Gasteiger partial charge in [-0.3, -0.25) is 9.89 Å². The first-order chi connectivity index (χ1) is 11.6. The molecule has 0 radical (unpaired) electrons. The zero-order chi connectivity index (χ0) is 16.9. The Bertz CT molecular complexity index is 865. The number of para-hydroxylation sites is 1. The number of hydrogen-bond donors (Lipinski definition) is 2. The Morgan fingerprint density at radius 3 is 2.88 bits per heavy atom. The SMILES string of the molecule is Cc1cccc(-c2nc(SCC(=O)Nc3ccccc3Cl)n[nH]2)c1. The first kappa shape index (κ1) is 16.5. The molecule has 1 aromatic heterocycles. The summed E-state index contributed by atoms with van der Waals surface area (Å²) in [4.78, 5) is 16.4. The number of benzene rings is 2. The lowest BCUT2D eigenvalue weighted by Gasteiger charge is -2.05. The minimum atomic E-state index is -0.157. The molecule has 2 N–H and O–H groups in total. The fourth-order valence-electron chi connectivity index (χ4n) is 2.11. The summed E-state index contributed by atoms with van der Waals surface area (Å²) in [5.74, 6) is 0.735. The maximum Gasteiger partial charge on any atom is 0.234 e. The van der Waals surface area contributed by atoms with Gasteiger partial charge in [0.2, 0.25) is 11.1 Å². The summed E-state index contributed by atoms with van der Waals surface area (Å²) < 4.78 is 0. The molecule has 0 unspecified atom stereocenters. The maximum atomic E-state index is 12.0. The van der Waals surface area contributed by atoms with Crippen LogP contribution in [-0.4, -0.2) is 26.8 Å². The molecule has 1 amide bonds. The van der Waals surface area contributed by atoms with Crippen LogP contribution in [0.3, 0.4) is 0 Å². The van der Waals surface area contributed by atoms with Crippen molar-refractivity contribution in [1.29, 1.82) is 0 Å². The summed E-state index contributed by atoms with van der Waals surface area (Å²) in [5.41, 5.74) is 2.72. The number of hydrogen-bond acceptors (Lipinski definition) is 4. The van der Waals surface area contributed by atoms with E-state index in [9.17, 15) is 4.79 Å². The number of carbonyl (C=O) groups is 1. The van der Waals surface area contributed by atoms with Crippen LogP contribution < -0.4 is 5.32 Å². The predicted octanol–water partition coefficient (Wildman–Crippen LogP) is 4.16. The topological polar surface area (TPSA) is 70.7 Å². The molecule has 0 fully saturated rings. The maximum absolute atomic E-state index is 12.0. The lowest BCUT2D eigenvalue weighted by molar-refractivity contribution is -0.113. The van der Waals surface area contributed by atoms with Gasteiger partial charge in [-0.2, -0.15) is 0 Å². The Morgan fingerprint density at radius 2 is 2.08 bits per heavy atom. The van der Waals surface area contributed by atoms with E-state index >= 15 is 0 Å². The molecule has 7 heteroatoms. The zero-order valence-electron chi connectivity index (χ0n) is 12.9. The molecule has 24 heavy (non-hydrogen) atoms. The number of thioether (sulfide) groups is 1. The molecule has 2 aromatic carbocycles. The molecule has 0 bridgehead atoms. The normalized spacial score (nSPS) is 10.6. The van der Waals surface area contributed by atoms with Crippen molar-refractivity contribution in [3.05, 3.63) is 59.1 Å². The molecular formula is C17H15ClN4OS. The molecule has 0 atom stereocenters. The van der Waals surface area contributed by atoms with Crippen molar-refractivity contribution in [3.63, 3.8) is 0 Å². The molecule has 0 aliphatic carbocycles. The minimum absolute atomic E-state index is 0.157. The number of anilines is 1. The van der Waals surface area contributed by atoms with E-state index in [1.807, 2.05) is 43.3 Å². The summed E-state index contributed by atoms with van der Waals surface area (Å²) in [6.45, 7) is 2.02. The van der Waals surface area contributed by atoms with Crippen LogP contribution in [0.5, 0.6) is 0 Å². The second-order valence-electron chi connectivity index (χ2n) is 5.15. The number of carbonyl (C=O) groups excluding carboxylic acids is 1. The van der Waals surface area contributed by atoms with Crippen LogP contribution in [0.1, 0.15) is 5.56 Å². The summed E-state index contributed by atoms with van der Waals surface area (Å²) in [6.07, 6.45) is 0. The Kier molecular flexibility index (Phi) is 5.17. The molecule has 0 spiro atoms. The molecule has 0 aliphatic heterocycles. The first-order valence-electron chi connectivity index (χ1n) is 7.28. The molecule has 3 rings (SSSR count). The van der Waals surface area contributed by atoms with Crippen molar-refractivity contribution in [2.75, 3.05) is 11.1 Å². The van der Waals surface area contributed by atoms with Crippen LogP contribution in [0.2, 0.25) is 5.02 Å². The second kappa shape index (κ2) is 7.51. The highest BCUT2D eigenvalue weighted by Gasteiger charge is 2.10. The smallest absolute Gasteiger partial charge is 0.234 e. The van der Waals surface area contributed by atoms with Crippen molar-refractivity contribution in [3.8, 4) is 11.4 Å². The van der Waals surface area contributed by atoms with E-state index in [1.165, 1.54) is 11.8 Å². The summed E-state index contributed by atoms with van der Waals surface area (Å²) in [7, 11) is 0. The van der Waals surface area contributed by atoms with Crippen molar-refractivity contribution in [2.45, 2.75) is 12.1 Å². The van der Waals surface area contributed by atoms with Crippen LogP contribution in [0.15, 0.2) is 53.7 Å². The average molecular weight is 359 g/mol. The molecule has 0 saturated carbocycles. The molecule has 122 valence electrons. The van der Waals surface area contributed by atoms with E-state index in [-0.39, 0.29) is 11.7 Å². The van der Waals surface area contributed by atoms with Gasteiger partial charge in [0.15, 0.2) is 5.82 Å². The average Bonchev–Trinajstić information content (AvgIpc) is 3.04. The van der Waals surface area contributed by atoms with Gasteiger partial charge in [0, 0.05) is 5.56 Å². The summed E-state index contributed by atoms with van der Waals surface area (Å²) in [6, 6.07) is 15.1. The lowest BCUT2D eigenvalue weighted by Crippen LogP contribution is -2.14. The van der Waals surface area contributed by atoms with E-state index in [1.54, 1.807) is 12.1 Å². The number of rotatable bonds is 5. The number of aryl methyl sites for hydroxylation is 1. The molecule has 1 heterocycles. The highest BCUT2D eigenvalue weighted by atomic mass is 35.5. The zero-order valence-corrected chi connectivity index (χ0v) is 14.5. The Hall–Kier alpha value is -2.31. The van der Waals surface area contributed by atoms with Crippen LogP contribution in [0, 0.1) is 6.92 Å². The Balaban J connectivity index is 1.59. The largest absolute Gasteiger partial charge is 0.324 e. The van der Waals surface area contributed by atoms with Gasteiger partial charge in [-0.1, -0.05) is 59.3 Å². The van der Waals surface area contributed by atoms with E-state index in [0.717, 1.165) is 11.1 Å². The van der Waals surface area contributed by atoms with Gasteiger partial charge < -0.3 is 5.32 Å². The van der Waals surface area contributed by atoms with E-state index in [0.29, 0.717) is 21.7 Å². The standard InChI is InChI=1S/C17H15ClN4OS/c1-11-5-4-6-12(9-11)16-20-17(22-21-16)24-10-15(23)19-14-8-3-2-7-13(14)18/h2-9H,10H2,1H3,(H,19,23)(H,20,21,22). The second-order valence-corrected chi connectivity index (χ2v) is 6.50. The highest BCUT2D eigenvalue weighted by Crippen LogP contribution is 2.22. The third kappa shape index (κ3) is 4.15. The number of amides is 1. The van der Waals surface area contributed by atoms with Crippen LogP contribution in [0.25, 0.3) is 11.4 Å². The number of nitrogens with one attached hydrogen (secondary N) is 2. The number of aromatic amines is 1.